The summed E-state index contributed by atoms with van der Waals surface area (Å²) in [7, 11) is 0. The summed E-state index contributed by atoms with van der Waals surface area (Å²) in [5.41, 5.74) is 1.12. The van der Waals surface area contributed by atoms with E-state index in [1.807, 2.05) is 6.07 Å². The number of ether oxygens (including phenoxy) is 1. The zero-order valence-electron chi connectivity index (χ0n) is 11.5. The monoisotopic (exact) mass is 292 g/mol. The number of hydrogen-bond donors (Lipinski definition) is 1. The van der Waals surface area contributed by atoms with Crippen LogP contribution in [0.4, 0.5) is 0 Å². The number of hydrogen-bond acceptors (Lipinski definition) is 4. The molecule has 0 aliphatic carbocycles. The normalized spacial score (nSPS) is 10.2. The first-order valence-corrected chi connectivity index (χ1v) is 6.66. The molecule has 1 N–H and O–H groups in total. The molecule has 1 aromatic heterocycles. The zero-order valence-corrected chi connectivity index (χ0v) is 11.5. The average Bonchev–Trinajstić information content (AvgIpc) is 3.04. The van der Waals surface area contributed by atoms with E-state index in [9.17, 15) is 9.59 Å². The number of H-pyrrole nitrogens is 1. The fourth-order valence-electron chi connectivity index (χ4n) is 1.98. The molecule has 3 aromatic rings. The van der Waals surface area contributed by atoms with Crippen LogP contribution in [0.5, 0.6) is 5.88 Å². The topological polar surface area (TPSA) is 72.1 Å². The minimum atomic E-state index is -0.549. The standard InChI is InChI=1S/C17H12N2O3/c20-15(12-7-3-1-4-8-12)14-11-18-19-16(14)22-17(21)13-9-5-2-6-10-13/h1-11H,(H,18,19). The lowest BCUT2D eigenvalue weighted by Crippen LogP contribution is -2.11. The third-order valence-electron chi connectivity index (χ3n) is 3.09. The number of esters is 1. The number of carbonyl (C=O) groups is 2. The molecule has 0 saturated heterocycles. The minimum Gasteiger partial charge on any atom is -0.404 e. The van der Waals surface area contributed by atoms with Crippen LogP contribution in [0.3, 0.4) is 0 Å². The summed E-state index contributed by atoms with van der Waals surface area (Å²) in [5, 5.41) is 6.34. The molecule has 0 atom stereocenters. The third kappa shape index (κ3) is 2.78. The SMILES string of the molecule is O=C(Oc1[nH]ncc1C(=O)c1ccccc1)c1ccccc1. The molecule has 108 valence electrons. The Hall–Kier alpha value is -3.21. The van der Waals surface area contributed by atoms with E-state index in [1.165, 1.54) is 6.20 Å². The smallest absolute Gasteiger partial charge is 0.344 e. The summed E-state index contributed by atoms with van der Waals surface area (Å²) in [4.78, 5) is 24.4. The summed E-state index contributed by atoms with van der Waals surface area (Å²) in [6.07, 6.45) is 1.35. The quantitative estimate of drug-likeness (QED) is 0.593. The summed E-state index contributed by atoms with van der Waals surface area (Å²) in [6.45, 7) is 0. The Balaban J connectivity index is 1.84. The van der Waals surface area contributed by atoms with Gasteiger partial charge in [-0.05, 0) is 12.1 Å². The highest BCUT2D eigenvalue weighted by atomic mass is 16.5. The van der Waals surface area contributed by atoms with E-state index in [-0.39, 0.29) is 17.2 Å². The largest absolute Gasteiger partial charge is 0.404 e. The highest BCUT2D eigenvalue weighted by Crippen LogP contribution is 2.19. The van der Waals surface area contributed by atoms with Gasteiger partial charge in [-0.3, -0.25) is 4.79 Å². The predicted octanol–water partition coefficient (Wildman–Crippen LogP) is 2.86. The van der Waals surface area contributed by atoms with Crippen molar-refractivity contribution in [3.8, 4) is 5.88 Å². The van der Waals surface area contributed by atoms with Crippen molar-refractivity contribution in [3.05, 3.63) is 83.6 Å². The van der Waals surface area contributed by atoms with Crippen molar-refractivity contribution < 1.29 is 14.3 Å². The number of aromatic nitrogens is 2. The Labute approximate surface area is 126 Å². The molecule has 3 rings (SSSR count). The molecule has 0 aliphatic heterocycles. The summed E-state index contributed by atoms with van der Waals surface area (Å²) < 4.78 is 5.24. The lowest BCUT2D eigenvalue weighted by Gasteiger charge is -2.04. The molecular formula is C17H12N2O3. The van der Waals surface area contributed by atoms with E-state index in [4.69, 9.17) is 4.74 Å². The molecule has 5 heteroatoms. The van der Waals surface area contributed by atoms with Crippen molar-refractivity contribution >= 4 is 11.8 Å². The molecule has 0 fully saturated rings. The molecule has 5 nitrogen and oxygen atoms in total. The summed E-state index contributed by atoms with van der Waals surface area (Å²) in [5.74, 6) is -0.764. The maximum atomic E-state index is 12.4. The van der Waals surface area contributed by atoms with Crippen LogP contribution in [0.15, 0.2) is 66.9 Å². The van der Waals surface area contributed by atoms with Crippen LogP contribution < -0.4 is 4.74 Å². The van der Waals surface area contributed by atoms with Crippen LogP contribution in [-0.2, 0) is 0 Å². The Kier molecular flexibility index (Phi) is 3.78. The number of aromatic amines is 1. The third-order valence-corrected chi connectivity index (χ3v) is 3.09. The van der Waals surface area contributed by atoms with Gasteiger partial charge in [-0.2, -0.15) is 5.10 Å². The van der Waals surface area contributed by atoms with Crippen molar-refractivity contribution in [2.24, 2.45) is 0 Å². The Morgan fingerprint density at radius 1 is 0.864 bits per heavy atom. The molecule has 22 heavy (non-hydrogen) atoms. The van der Waals surface area contributed by atoms with Crippen LogP contribution in [0.25, 0.3) is 0 Å². The number of benzene rings is 2. The lowest BCUT2D eigenvalue weighted by molar-refractivity contribution is 0.0725. The number of carbonyl (C=O) groups excluding carboxylic acids is 2. The Morgan fingerprint density at radius 3 is 2.09 bits per heavy atom. The van der Waals surface area contributed by atoms with Crippen molar-refractivity contribution in [2.45, 2.75) is 0 Å². The molecule has 1 heterocycles. The Bertz CT molecular complexity index is 795. The van der Waals surface area contributed by atoms with Gasteiger partial charge in [0.15, 0.2) is 5.78 Å². The van der Waals surface area contributed by atoms with Gasteiger partial charge in [0.2, 0.25) is 5.88 Å². The van der Waals surface area contributed by atoms with E-state index in [2.05, 4.69) is 10.2 Å². The van der Waals surface area contributed by atoms with Gasteiger partial charge < -0.3 is 4.74 Å². The zero-order chi connectivity index (χ0) is 15.4. The first kappa shape index (κ1) is 13.8. The van der Waals surface area contributed by atoms with E-state index in [0.717, 1.165) is 0 Å². The number of nitrogens with one attached hydrogen (secondary N) is 1. The van der Waals surface area contributed by atoms with Crippen LogP contribution in [-0.4, -0.2) is 21.9 Å². The second-order valence-electron chi connectivity index (χ2n) is 4.56. The van der Waals surface area contributed by atoms with E-state index in [0.29, 0.717) is 11.1 Å². The molecule has 0 radical (unpaired) electrons. The van der Waals surface area contributed by atoms with Gasteiger partial charge in [-0.15, -0.1) is 0 Å². The van der Waals surface area contributed by atoms with Gasteiger partial charge in [-0.1, -0.05) is 48.5 Å². The molecule has 0 saturated carbocycles. The van der Waals surface area contributed by atoms with E-state index < -0.39 is 5.97 Å². The number of rotatable bonds is 4. The van der Waals surface area contributed by atoms with Crippen LogP contribution >= 0.6 is 0 Å². The van der Waals surface area contributed by atoms with Gasteiger partial charge in [0.1, 0.15) is 5.56 Å². The summed E-state index contributed by atoms with van der Waals surface area (Å²) >= 11 is 0. The van der Waals surface area contributed by atoms with Gasteiger partial charge in [0, 0.05) is 5.56 Å². The number of nitrogens with zero attached hydrogens (tertiary/aromatic N) is 1. The maximum Gasteiger partial charge on any atom is 0.344 e. The molecule has 0 amide bonds. The lowest BCUT2D eigenvalue weighted by atomic mass is 10.1. The van der Waals surface area contributed by atoms with E-state index >= 15 is 0 Å². The minimum absolute atomic E-state index is 0.0442. The highest BCUT2D eigenvalue weighted by Gasteiger charge is 2.19. The van der Waals surface area contributed by atoms with E-state index in [1.54, 1.807) is 54.6 Å². The van der Waals surface area contributed by atoms with Gasteiger partial charge in [0.25, 0.3) is 0 Å². The van der Waals surface area contributed by atoms with Crippen LogP contribution in [0, 0.1) is 0 Å². The van der Waals surface area contributed by atoms with Crippen LogP contribution in [0.1, 0.15) is 26.3 Å². The molecule has 2 aromatic carbocycles. The fourth-order valence-corrected chi connectivity index (χ4v) is 1.98. The first-order chi connectivity index (χ1) is 10.8. The number of ketones is 1. The van der Waals surface area contributed by atoms with Crippen molar-refractivity contribution in [3.63, 3.8) is 0 Å². The average molecular weight is 292 g/mol. The van der Waals surface area contributed by atoms with Gasteiger partial charge in [-0.25, -0.2) is 9.89 Å². The summed E-state index contributed by atoms with van der Waals surface area (Å²) in [6, 6.07) is 17.3. The highest BCUT2D eigenvalue weighted by molar-refractivity contribution is 6.10. The Morgan fingerprint density at radius 2 is 1.45 bits per heavy atom. The molecule has 0 spiro atoms. The molecular weight excluding hydrogens is 280 g/mol. The first-order valence-electron chi connectivity index (χ1n) is 6.66. The predicted molar refractivity (Wildman–Crippen MR) is 79.9 cm³/mol. The molecule has 0 unspecified atom stereocenters. The van der Waals surface area contributed by atoms with Gasteiger partial charge in [0.05, 0.1) is 11.8 Å². The molecule has 0 bridgehead atoms. The molecule has 0 aliphatic rings. The van der Waals surface area contributed by atoms with Crippen molar-refractivity contribution in [2.75, 3.05) is 0 Å². The van der Waals surface area contributed by atoms with Crippen molar-refractivity contribution in [1.82, 2.24) is 10.2 Å². The van der Waals surface area contributed by atoms with Gasteiger partial charge >= 0.3 is 5.97 Å². The van der Waals surface area contributed by atoms with Crippen LogP contribution in [0.2, 0.25) is 0 Å². The second kappa shape index (κ2) is 6.05. The maximum absolute atomic E-state index is 12.4. The second-order valence-corrected chi connectivity index (χ2v) is 4.56. The van der Waals surface area contributed by atoms with Crippen molar-refractivity contribution in [1.29, 1.82) is 0 Å². The fraction of sp³-hybridized carbons (Fsp3) is 0.